The van der Waals surface area contributed by atoms with Gasteiger partial charge in [-0.25, -0.2) is 4.79 Å². The van der Waals surface area contributed by atoms with Crippen LogP contribution in [0.5, 0.6) is 0 Å². The average molecular weight is 243 g/mol. The fourth-order valence-electron chi connectivity index (χ4n) is 0.874. The lowest BCUT2D eigenvalue weighted by Crippen LogP contribution is -1.91. The van der Waals surface area contributed by atoms with Gasteiger partial charge in [-0.05, 0) is 22.0 Å². The molecule has 0 spiro atoms. The topological polar surface area (TPSA) is 50.4 Å². The molecule has 0 aliphatic rings. The molecule has 0 bridgehead atoms. The Balaban J connectivity index is 3.27. The molecule has 0 radical (unpaired) electrons. The Labute approximate surface area is 83.5 Å². The van der Waals surface area contributed by atoms with Gasteiger partial charge in [-0.2, -0.15) is 0 Å². The van der Waals surface area contributed by atoms with Gasteiger partial charge in [-0.3, -0.25) is 0 Å². The Kier molecular flexibility index (Phi) is 2.72. The molecule has 68 valence electrons. The first kappa shape index (κ1) is 9.80. The van der Waals surface area contributed by atoms with Crippen molar-refractivity contribution in [3.8, 4) is 0 Å². The molecule has 0 aliphatic carbocycles. The summed E-state index contributed by atoms with van der Waals surface area (Å²) in [5, 5.41) is 8.63. The lowest BCUT2D eigenvalue weighted by molar-refractivity contribution is 0.0662. The number of aromatic carboxylic acids is 1. The summed E-state index contributed by atoms with van der Waals surface area (Å²) in [6.45, 7) is 7.12. The maximum Gasteiger partial charge on any atom is 0.371 e. The van der Waals surface area contributed by atoms with E-state index in [2.05, 4.69) is 29.1 Å². The van der Waals surface area contributed by atoms with Gasteiger partial charge in [0, 0.05) is 5.56 Å². The van der Waals surface area contributed by atoms with Crippen LogP contribution in [0.25, 0.3) is 10.6 Å². The second-order valence-corrected chi connectivity index (χ2v) is 3.27. The summed E-state index contributed by atoms with van der Waals surface area (Å²) in [5.41, 5.74) is 0.610. The van der Waals surface area contributed by atoms with Crippen molar-refractivity contribution in [3.63, 3.8) is 0 Å². The standard InChI is InChI=1S/C9H7BrO3/c1-3-6-4-7(9(11)12)13-8(6)5(2)10/h3-4H,1-2H2,(H,11,12). The van der Waals surface area contributed by atoms with Gasteiger partial charge in [-0.1, -0.05) is 19.2 Å². The van der Waals surface area contributed by atoms with Crippen molar-refractivity contribution in [1.29, 1.82) is 0 Å². The number of halogens is 1. The van der Waals surface area contributed by atoms with Gasteiger partial charge in [0.15, 0.2) is 0 Å². The minimum Gasteiger partial charge on any atom is -0.475 e. The third kappa shape index (κ3) is 1.89. The van der Waals surface area contributed by atoms with E-state index in [0.29, 0.717) is 15.8 Å². The lowest BCUT2D eigenvalue weighted by Gasteiger charge is -1.92. The first-order chi connectivity index (χ1) is 6.06. The summed E-state index contributed by atoms with van der Waals surface area (Å²) in [6, 6.07) is 1.40. The molecule has 4 heteroatoms. The van der Waals surface area contributed by atoms with Crippen LogP contribution >= 0.6 is 15.9 Å². The molecule has 1 N–H and O–H groups in total. The molecule has 0 fully saturated rings. The van der Waals surface area contributed by atoms with Gasteiger partial charge in [0.25, 0.3) is 0 Å². The average Bonchev–Trinajstić information content (AvgIpc) is 2.47. The highest BCUT2D eigenvalue weighted by atomic mass is 79.9. The van der Waals surface area contributed by atoms with Gasteiger partial charge < -0.3 is 9.52 Å². The highest BCUT2D eigenvalue weighted by Gasteiger charge is 2.14. The SMILES string of the molecule is C=Cc1cc(C(=O)O)oc1C(=C)Br. The summed E-state index contributed by atoms with van der Waals surface area (Å²) in [4.78, 5) is 10.5. The van der Waals surface area contributed by atoms with Gasteiger partial charge in [0.1, 0.15) is 5.76 Å². The van der Waals surface area contributed by atoms with Gasteiger partial charge in [0.05, 0.1) is 4.48 Å². The van der Waals surface area contributed by atoms with Crippen molar-refractivity contribution in [2.75, 3.05) is 0 Å². The molecular formula is C9H7BrO3. The largest absolute Gasteiger partial charge is 0.475 e. The zero-order valence-electron chi connectivity index (χ0n) is 6.71. The summed E-state index contributed by atoms with van der Waals surface area (Å²) in [7, 11) is 0. The molecule has 1 aromatic heterocycles. The van der Waals surface area contributed by atoms with E-state index in [1.54, 1.807) is 0 Å². The normalized spacial score (nSPS) is 9.62. The van der Waals surface area contributed by atoms with E-state index >= 15 is 0 Å². The molecule has 0 atom stereocenters. The van der Waals surface area contributed by atoms with E-state index in [-0.39, 0.29) is 5.76 Å². The van der Waals surface area contributed by atoms with E-state index in [9.17, 15) is 4.79 Å². The molecule has 0 saturated carbocycles. The van der Waals surface area contributed by atoms with Crippen LogP contribution in [-0.2, 0) is 0 Å². The molecule has 1 heterocycles. The first-order valence-electron chi connectivity index (χ1n) is 3.40. The second kappa shape index (κ2) is 3.62. The zero-order valence-corrected chi connectivity index (χ0v) is 8.30. The minimum absolute atomic E-state index is 0.120. The van der Waals surface area contributed by atoms with E-state index in [1.807, 2.05) is 0 Å². The number of hydrogen-bond acceptors (Lipinski definition) is 2. The predicted octanol–water partition coefficient (Wildman–Crippen LogP) is 2.99. The van der Waals surface area contributed by atoms with Crippen LogP contribution in [0, 0.1) is 0 Å². The maximum absolute atomic E-state index is 10.5. The number of rotatable bonds is 3. The third-order valence-corrected chi connectivity index (χ3v) is 1.80. The van der Waals surface area contributed by atoms with Crippen molar-refractivity contribution in [1.82, 2.24) is 0 Å². The lowest BCUT2D eigenvalue weighted by atomic mass is 10.2. The number of carboxylic acids is 1. The van der Waals surface area contributed by atoms with E-state index < -0.39 is 5.97 Å². The molecule has 0 amide bonds. The first-order valence-corrected chi connectivity index (χ1v) is 4.20. The Morgan fingerprint density at radius 2 is 2.31 bits per heavy atom. The highest BCUT2D eigenvalue weighted by Crippen LogP contribution is 2.27. The second-order valence-electron chi connectivity index (χ2n) is 2.31. The summed E-state index contributed by atoms with van der Waals surface area (Å²) in [6.07, 6.45) is 1.51. The summed E-state index contributed by atoms with van der Waals surface area (Å²) < 4.78 is 5.51. The van der Waals surface area contributed by atoms with Crippen molar-refractivity contribution in [2.24, 2.45) is 0 Å². The molecule has 13 heavy (non-hydrogen) atoms. The number of carboxylic acid groups (broad SMARTS) is 1. The predicted molar refractivity (Wildman–Crippen MR) is 53.7 cm³/mol. The molecule has 3 nitrogen and oxygen atoms in total. The van der Waals surface area contributed by atoms with Crippen molar-refractivity contribution < 1.29 is 14.3 Å². The van der Waals surface area contributed by atoms with Crippen LogP contribution in [0.1, 0.15) is 21.9 Å². The van der Waals surface area contributed by atoms with E-state index in [1.165, 1.54) is 12.1 Å². The van der Waals surface area contributed by atoms with Crippen LogP contribution in [0.2, 0.25) is 0 Å². The molecule has 1 rings (SSSR count). The smallest absolute Gasteiger partial charge is 0.371 e. The Morgan fingerprint density at radius 3 is 2.62 bits per heavy atom. The molecule has 0 saturated heterocycles. The highest BCUT2D eigenvalue weighted by molar-refractivity contribution is 9.15. The molecule has 0 unspecified atom stereocenters. The van der Waals surface area contributed by atoms with Gasteiger partial charge >= 0.3 is 5.97 Å². The van der Waals surface area contributed by atoms with Crippen LogP contribution in [-0.4, -0.2) is 11.1 Å². The number of carbonyl (C=O) groups is 1. The van der Waals surface area contributed by atoms with Gasteiger partial charge in [-0.15, -0.1) is 0 Å². The molecule has 0 aromatic carbocycles. The monoisotopic (exact) mass is 242 g/mol. The van der Waals surface area contributed by atoms with Crippen LogP contribution < -0.4 is 0 Å². The molecule has 0 aliphatic heterocycles. The van der Waals surface area contributed by atoms with Crippen LogP contribution in [0.3, 0.4) is 0 Å². The zero-order chi connectivity index (χ0) is 10.0. The minimum atomic E-state index is -1.11. The van der Waals surface area contributed by atoms with Gasteiger partial charge in [0.2, 0.25) is 5.76 Å². The Bertz CT molecular complexity index is 376. The Hall–Kier alpha value is -1.29. The van der Waals surface area contributed by atoms with E-state index in [0.717, 1.165) is 0 Å². The third-order valence-electron chi connectivity index (χ3n) is 1.44. The molecular weight excluding hydrogens is 236 g/mol. The summed E-state index contributed by atoms with van der Waals surface area (Å²) in [5.74, 6) is -0.832. The fourth-order valence-corrected chi connectivity index (χ4v) is 1.18. The number of hydrogen-bond donors (Lipinski definition) is 1. The fraction of sp³-hybridized carbons (Fsp3) is 0. The van der Waals surface area contributed by atoms with Crippen molar-refractivity contribution in [2.45, 2.75) is 0 Å². The molecule has 1 aromatic rings. The van der Waals surface area contributed by atoms with Crippen molar-refractivity contribution in [3.05, 3.63) is 36.3 Å². The Morgan fingerprint density at radius 1 is 1.69 bits per heavy atom. The van der Waals surface area contributed by atoms with E-state index in [4.69, 9.17) is 9.52 Å². The van der Waals surface area contributed by atoms with Crippen molar-refractivity contribution >= 4 is 32.5 Å². The van der Waals surface area contributed by atoms with Crippen LogP contribution in [0.4, 0.5) is 0 Å². The quantitative estimate of drug-likeness (QED) is 0.887. The maximum atomic E-state index is 10.5. The number of furan rings is 1. The van der Waals surface area contributed by atoms with Crippen LogP contribution in [0.15, 0.2) is 23.6 Å². The summed E-state index contributed by atoms with van der Waals surface area (Å²) >= 11 is 3.11.